The highest BCUT2D eigenvalue weighted by molar-refractivity contribution is 5.12. The summed E-state index contributed by atoms with van der Waals surface area (Å²) in [7, 11) is 1.98. The van der Waals surface area contributed by atoms with Gasteiger partial charge in [0.1, 0.15) is 0 Å². The monoisotopic (exact) mass is 247 g/mol. The van der Waals surface area contributed by atoms with Crippen molar-refractivity contribution >= 4 is 0 Å². The largest absolute Gasteiger partial charge is 0.313 e. The van der Waals surface area contributed by atoms with Crippen molar-refractivity contribution in [2.75, 3.05) is 7.05 Å². The lowest BCUT2D eigenvalue weighted by Gasteiger charge is -2.10. The molecule has 0 bridgehead atoms. The van der Waals surface area contributed by atoms with Crippen LogP contribution in [0.3, 0.4) is 0 Å². The first-order valence-electron chi connectivity index (χ1n) is 6.47. The molecular weight excluding hydrogens is 226 g/mol. The van der Waals surface area contributed by atoms with Crippen molar-refractivity contribution in [3.8, 4) is 0 Å². The molecule has 0 aliphatic carbocycles. The quantitative estimate of drug-likeness (QED) is 0.847. The predicted octanol–water partition coefficient (Wildman–Crippen LogP) is 1.82. The van der Waals surface area contributed by atoms with Gasteiger partial charge in [0.2, 0.25) is 0 Å². The Morgan fingerprint density at radius 2 is 1.94 bits per heavy atom. The Bertz CT molecular complexity index is 481. The molecule has 1 atom stereocenters. The Labute approximate surface area is 108 Å². The van der Waals surface area contributed by atoms with E-state index in [1.54, 1.807) is 0 Å². The van der Waals surface area contributed by atoms with Crippen molar-refractivity contribution in [2.24, 2.45) is 0 Å². The molecule has 5 nitrogen and oxygen atoms in total. The van der Waals surface area contributed by atoms with E-state index in [1.807, 2.05) is 28.8 Å². The molecule has 0 saturated carbocycles. The van der Waals surface area contributed by atoms with Gasteiger partial charge in [-0.15, -0.1) is 0 Å². The second-order valence-electron chi connectivity index (χ2n) is 4.43. The zero-order valence-corrected chi connectivity index (χ0v) is 11.3. The summed E-state index contributed by atoms with van der Waals surface area (Å²) in [6.45, 7) is 5.94. The van der Waals surface area contributed by atoms with Crippen LogP contribution in [0, 0.1) is 0 Å². The van der Waals surface area contributed by atoms with Gasteiger partial charge in [0.25, 0.3) is 0 Å². The lowest BCUT2D eigenvalue weighted by atomic mass is 10.1. The van der Waals surface area contributed by atoms with Crippen LogP contribution in [0.1, 0.15) is 37.4 Å². The molecule has 1 unspecified atom stereocenters. The van der Waals surface area contributed by atoms with Crippen LogP contribution in [-0.4, -0.2) is 26.6 Å². The number of rotatable bonds is 6. The molecule has 5 heteroatoms. The number of hydrogen-bond donors (Lipinski definition) is 1. The zero-order chi connectivity index (χ0) is 13.0. The van der Waals surface area contributed by atoms with Crippen molar-refractivity contribution in [3.63, 3.8) is 0 Å². The van der Waals surface area contributed by atoms with Crippen LogP contribution in [0.2, 0.25) is 0 Å². The molecular formula is C13H21N5. The van der Waals surface area contributed by atoms with E-state index < -0.39 is 0 Å². The first-order chi connectivity index (χ1) is 8.76. The van der Waals surface area contributed by atoms with E-state index in [-0.39, 0.29) is 0 Å². The molecule has 0 amide bonds. The number of aryl methyl sites for hydroxylation is 1. The molecule has 2 aromatic rings. The van der Waals surface area contributed by atoms with Gasteiger partial charge in [-0.2, -0.15) is 10.2 Å². The van der Waals surface area contributed by atoms with Gasteiger partial charge < -0.3 is 5.32 Å². The van der Waals surface area contributed by atoms with Crippen molar-refractivity contribution in [1.82, 2.24) is 24.9 Å². The van der Waals surface area contributed by atoms with Crippen LogP contribution in [0.25, 0.3) is 0 Å². The standard InChI is InChI=1S/C13H21N5/c1-4-13(14-3)12-7-16-18(10-12)9-11-6-15-17(5-2)8-11/h6-8,10,13-14H,4-5,9H2,1-3H3. The summed E-state index contributed by atoms with van der Waals surface area (Å²) in [4.78, 5) is 0. The van der Waals surface area contributed by atoms with Crippen LogP contribution < -0.4 is 5.32 Å². The molecule has 0 aliphatic heterocycles. The Kier molecular flexibility index (Phi) is 4.15. The van der Waals surface area contributed by atoms with E-state index in [0.717, 1.165) is 19.5 Å². The molecule has 2 aromatic heterocycles. The minimum atomic E-state index is 0.386. The van der Waals surface area contributed by atoms with Gasteiger partial charge in [0.05, 0.1) is 18.9 Å². The summed E-state index contributed by atoms with van der Waals surface area (Å²) < 4.78 is 3.90. The second-order valence-corrected chi connectivity index (χ2v) is 4.43. The molecule has 2 rings (SSSR count). The minimum absolute atomic E-state index is 0.386. The molecule has 18 heavy (non-hydrogen) atoms. The molecule has 0 aromatic carbocycles. The summed E-state index contributed by atoms with van der Waals surface area (Å²) in [6, 6.07) is 0.386. The van der Waals surface area contributed by atoms with Gasteiger partial charge in [-0.3, -0.25) is 9.36 Å². The topological polar surface area (TPSA) is 47.7 Å². The normalized spacial score (nSPS) is 12.8. The average molecular weight is 247 g/mol. The molecule has 0 fully saturated rings. The maximum Gasteiger partial charge on any atom is 0.0690 e. The summed E-state index contributed by atoms with van der Waals surface area (Å²) in [6.07, 6.45) is 9.08. The third-order valence-corrected chi connectivity index (χ3v) is 3.17. The molecule has 0 aliphatic rings. The van der Waals surface area contributed by atoms with E-state index in [4.69, 9.17) is 0 Å². The van der Waals surface area contributed by atoms with Crippen molar-refractivity contribution in [2.45, 2.75) is 39.4 Å². The van der Waals surface area contributed by atoms with Gasteiger partial charge >= 0.3 is 0 Å². The van der Waals surface area contributed by atoms with Crippen molar-refractivity contribution in [1.29, 1.82) is 0 Å². The summed E-state index contributed by atoms with van der Waals surface area (Å²) in [5.74, 6) is 0. The maximum atomic E-state index is 4.40. The average Bonchev–Trinajstić information content (AvgIpc) is 3.01. The van der Waals surface area contributed by atoms with Crippen molar-refractivity contribution in [3.05, 3.63) is 35.9 Å². The van der Waals surface area contributed by atoms with Crippen LogP contribution in [0.5, 0.6) is 0 Å². The van der Waals surface area contributed by atoms with Crippen LogP contribution in [-0.2, 0) is 13.1 Å². The third kappa shape index (κ3) is 2.79. The lowest BCUT2D eigenvalue weighted by Crippen LogP contribution is -2.14. The first kappa shape index (κ1) is 12.8. The molecule has 98 valence electrons. The van der Waals surface area contributed by atoms with Gasteiger partial charge in [-0.1, -0.05) is 6.92 Å². The van der Waals surface area contributed by atoms with Gasteiger partial charge in [-0.05, 0) is 20.4 Å². The van der Waals surface area contributed by atoms with E-state index in [1.165, 1.54) is 11.1 Å². The highest BCUT2D eigenvalue weighted by Crippen LogP contribution is 2.15. The van der Waals surface area contributed by atoms with Crippen molar-refractivity contribution < 1.29 is 0 Å². The van der Waals surface area contributed by atoms with Gasteiger partial charge in [-0.25, -0.2) is 0 Å². The van der Waals surface area contributed by atoms with Crippen LogP contribution in [0.4, 0.5) is 0 Å². The highest BCUT2D eigenvalue weighted by atomic mass is 15.3. The van der Waals surface area contributed by atoms with E-state index in [2.05, 4.69) is 41.8 Å². The first-order valence-corrected chi connectivity index (χ1v) is 6.47. The van der Waals surface area contributed by atoms with E-state index in [9.17, 15) is 0 Å². The predicted molar refractivity (Wildman–Crippen MR) is 71.3 cm³/mol. The molecule has 2 heterocycles. The van der Waals surface area contributed by atoms with E-state index >= 15 is 0 Å². The summed E-state index contributed by atoms with van der Waals surface area (Å²) in [5.41, 5.74) is 2.42. The summed E-state index contributed by atoms with van der Waals surface area (Å²) >= 11 is 0. The number of hydrogen-bond acceptors (Lipinski definition) is 3. The highest BCUT2D eigenvalue weighted by Gasteiger charge is 2.09. The van der Waals surface area contributed by atoms with E-state index in [0.29, 0.717) is 6.04 Å². The SMILES string of the molecule is CCC(NC)c1cnn(Cc2cnn(CC)c2)c1. The lowest BCUT2D eigenvalue weighted by molar-refractivity contribution is 0.575. The van der Waals surface area contributed by atoms with Crippen LogP contribution in [0.15, 0.2) is 24.8 Å². The zero-order valence-electron chi connectivity index (χ0n) is 11.3. The number of aromatic nitrogens is 4. The molecule has 1 N–H and O–H groups in total. The Balaban J connectivity index is 2.06. The summed E-state index contributed by atoms with van der Waals surface area (Å²) in [5, 5.41) is 12.0. The molecule has 0 saturated heterocycles. The molecule has 0 spiro atoms. The fourth-order valence-corrected chi connectivity index (χ4v) is 2.10. The van der Waals surface area contributed by atoms with Crippen LogP contribution >= 0.6 is 0 Å². The third-order valence-electron chi connectivity index (χ3n) is 3.17. The Morgan fingerprint density at radius 1 is 1.17 bits per heavy atom. The van der Waals surface area contributed by atoms with Gasteiger partial charge in [0.15, 0.2) is 0 Å². The fraction of sp³-hybridized carbons (Fsp3) is 0.538. The second kappa shape index (κ2) is 5.82. The number of nitrogens with one attached hydrogen (secondary N) is 1. The minimum Gasteiger partial charge on any atom is -0.313 e. The Morgan fingerprint density at radius 3 is 2.56 bits per heavy atom. The fourth-order valence-electron chi connectivity index (χ4n) is 2.10. The maximum absolute atomic E-state index is 4.40. The Hall–Kier alpha value is -1.62. The van der Waals surface area contributed by atoms with Gasteiger partial charge in [0, 0.05) is 36.1 Å². The molecule has 0 radical (unpaired) electrons. The number of nitrogens with zero attached hydrogens (tertiary/aromatic N) is 4. The smallest absolute Gasteiger partial charge is 0.0690 e.